The molecule has 2 aromatic heterocycles. The Morgan fingerprint density at radius 3 is 2.96 bits per heavy atom. The number of rotatable bonds is 4. The quantitative estimate of drug-likeness (QED) is 0.594. The Morgan fingerprint density at radius 1 is 1.35 bits per heavy atom. The van der Waals surface area contributed by atoms with Crippen LogP contribution in [-0.2, 0) is 6.54 Å². The van der Waals surface area contributed by atoms with Gasteiger partial charge in [0.25, 0.3) is 5.91 Å². The Hall–Kier alpha value is -3.02. The van der Waals surface area contributed by atoms with Crippen molar-refractivity contribution < 1.29 is 4.79 Å². The summed E-state index contributed by atoms with van der Waals surface area (Å²) in [5, 5.41) is 3.92. The summed E-state index contributed by atoms with van der Waals surface area (Å²) in [6, 6.07) is 11.0. The number of pyridine rings is 1. The smallest absolute Gasteiger partial charge is 0.271 e. The van der Waals surface area contributed by atoms with Gasteiger partial charge >= 0.3 is 0 Å². The molecule has 0 radical (unpaired) electrons. The fourth-order valence-electron chi connectivity index (χ4n) is 2.46. The van der Waals surface area contributed by atoms with E-state index in [1.807, 2.05) is 31.2 Å². The second-order valence-electron chi connectivity index (χ2n) is 5.06. The first-order chi connectivity index (χ1) is 11.2. The summed E-state index contributed by atoms with van der Waals surface area (Å²) in [5.41, 5.74) is 5.55. The maximum absolute atomic E-state index is 12.2. The molecule has 0 spiro atoms. The number of carbonyl (C=O) groups is 1. The summed E-state index contributed by atoms with van der Waals surface area (Å²) in [5.74, 6) is 0.663. The van der Waals surface area contributed by atoms with E-state index in [-0.39, 0.29) is 5.91 Å². The van der Waals surface area contributed by atoms with Gasteiger partial charge in [-0.25, -0.2) is 10.4 Å². The number of aryl methyl sites for hydroxylation is 2. The van der Waals surface area contributed by atoms with Crippen LogP contribution in [0.15, 0.2) is 47.7 Å². The topological polar surface area (TPSA) is 72.2 Å². The van der Waals surface area contributed by atoms with Crippen molar-refractivity contribution in [2.75, 3.05) is 0 Å². The van der Waals surface area contributed by atoms with Gasteiger partial charge in [-0.1, -0.05) is 6.07 Å². The van der Waals surface area contributed by atoms with E-state index in [2.05, 4.69) is 32.0 Å². The molecule has 3 rings (SSSR count). The van der Waals surface area contributed by atoms with Gasteiger partial charge in [0.2, 0.25) is 0 Å². The first kappa shape index (κ1) is 14.9. The zero-order valence-electron chi connectivity index (χ0n) is 13.0. The molecule has 0 saturated heterocycles. The van der Waals surface area contributed by atoms with Crippen molar-refractivity contribution in [1.82, 2.24) is 20.0 Å². The monoisotopic (exact) mass is 307 g/mol. The van der Waals surface area contributed by atoms with Crippen LogP contribution < -0.4 is 5.43 Å². The average Bonchev–Trinajstić information content (AvgIpc) is 2.89. The normalized spacial score (nSPS) is 11.2. The summed E-state index contributed by atoms with van der Waals surface area (Å²) >= 11 is 0. The maximum Gasteiger partial charge on any atom is 0.271 e. The number of aromatic nitrogens is 3. The lowest BCUT2D eigenvalue weighted by Crippen LogP contribution is -2.17. The van der Waals surface area contributed by atoms with Gasteiger partial charge in [0.15, 0.2) is 0 Å². The highest BCUT2D eigenvalue weighted by atomic mass is 16.2. The van der Waals surface area contributed by atoms with Gasteiger partial charge in [-0.15, -0.1) is 0 Å². The van der Waals surface area contributed by atoms with Crippen molar-refractivity contribution in [3.8, 4) is 0 Å². The Labute approximate surface area is 133 Å². The minimum Gasteiger partial charge on any atom is -0.329 e. The Bertz CT molecular complexity index is 867. The molecule has 1 amide bonds. The number of fused-ring (bicyclic) bond motifs is 1. The lowest BCUT2D eigenvalue weighted by atomic mass is 10.2. The van der Waals surface area contributed by atoms with Gasteiger partial charge < -0.3 is 4.57 Å². The fourth-order valence-corrected chi connectivity index (χ4v) is 2.46. The summed E-state index contributed by atoms with van der Waals surface area (Å²) in [6.07, 6.45) is 3.18. The Kier molecular flexibility index (Phi) is 4.14. The van der Waals surface area contributed by atoms with Crippen molar-refractivity contribution in [2.24, 2.45) is 5.10 Å². The molecule has 0 saturated carbocycles. The molecule has 0 atom stereocenters. The van der Waals surface area contributed by atoms with E-state index in [1.165, 1.54) is 6.21 Å². The molecule has 0 bridgehead atoms. The van der Waals surface area contributed by atoms with Crippen molar-refractivity contribution in [2.45, 2.75) is 20.4 Å². The van der Waals surface area contributed by atoms with Crippen molar-refractivity contribution in [1.29, 1.82) is 0 Å². The van der Waals surface area contributed by atoms with E-state index in [4.69, 9.17) is 0 Å². The number of hydrazone groups is 1. The second kappa shape index (κ2) is 6.39. The maximum atomic E-state index is 12.2. The first-order valence-corrected chi connectivity index (χ1v) is 7.40. The van der Waals surface area contributed by atoms with Crippen LogP contribution in [0.2, 0.25) is 0 Å². The summed E-state index contributed by atoms with van der Waals surface area (Å²) < 4.78 is 2.11. The number of nitrogens with zero attached hydrogens (tertiary/aromatic N) is 4. The first-order valence-electron chi connectivity index (χ1n) is 7.40. The van der Waals surface area contributed by atoms with Crippen LogP contribution in [0.4, 0.5) is 0 Å². The van der Waals surface area contributed by atoms with Gasteiger partial charge in [-0.05, 0) is 44.2 Å². The molecular weight excluding hydrogens is 290 g/mol. The standard InChI is InChI=1S/C17H17N5O/c1-3-22-12(2)20-15-10-13(7-8-16(15)22)17(23)21-19-11-14-6-4-5-9-18-14/h4-11H,3H2,1-2H3,(H,21,23). The third kappa shape index (κ3) is 3.11. The second-order valence-corrected chi connectivity index (χ2v) is 5.06. The summed E-state index contributed by atoms with van der Waals surface area (Å²) in [7, 11) is 0. The number of benzene rings is 1. The molecule has 6 nitrogen and oxygen atoms in total. The minimum absolute atomic E-state index is 0.275. The highest BCUT2D eigenvalue weighted by Crippen LogP contribution is 2.17. The number of hydrogen-bond donors (Lipinski definition) is 1. The van der Waals surface area contributed by atoms with E-state index >= 15 is 0 Å². The molecule has 3 aromatic rings. The summed E-state index contributed by atoms with van der Waals surface area (Å²) in [4.78, 5) is 20.7. The third-order valence-corrected chi connectivity index (χ3v) is 3.57. The molecule has 23 heavy (non-hydrogen) atoms. The van der Waals surface area contributed by atoms with Gasteiger partial charge in [0, 0.05) is 18.3 Å². The number of hydrogen-bond acceptors (Lipinski definition) is 4. The van der Waals surface area contributed by atoms with Crippen LogP contribution in [0.25, 0.3) is 11.0 Å². The van der Waals surface area contributed by atoms with Gasteiger partial charge in [0.05, 0.1) is 22.9 Å². The molecule has 1 aromatic carbocycles. The Morgan fingerprint density at radius 2 is 2.22 bits per heavy atom. The highest BCUT2D eigenvalue weighted by Gasteiger charge is 2.10. The van der Waals surface area contributed by atoms with Gasteiger partial charge in [0.1, 0.15) is 5.82 Å². The largest absolute Gasteiger partial charge is 0.329 e. The molecule has 2 heterocycles. The summed E-state index contributed by atoms with van der Waals surface area (Å²) in [6.45, 7) is 4.88. The lowest BCUT2D eigenvalue weighted by Gasteiger charge is -2.03. The van der Waals surface area contributed by atoms with Crippen LogP contribution in [0.3, 0.4) is 0 Å². The molecule has 6 heteroatoms. The third-order valence-electron chi connectivity index (χ3n) is 3.57. The van der Waals surface area contributed by atoms with E-state index in [0.717, 1.165) is 23.4 Å². The van der Waals surface area contributed by atoms with Gasteiger partial charge in [-0.2, -0.15) is 5.10 Å². The van der Waals surface area contributed by atoms with E-state index < -0.39 is 0 Å². The molecule has 1 N–H and O–H groups in total. The van der Waals surface area contributed by atoms with Crippen molar-refractivity contribution in [3.63, 3.8) is 0 Å². The number of carbonyl (C=O) groups excluding carboxylic acids is 1. The SMILES string of the molecule is CCn1c(C)nc2cc(C(=O)NN=Cc3ccccn3)ccc21. The zero-order valence-corrected chi connectivity index (χ0v) is 13.0. The van der Waals surface area contributed by atoms with E-state index in [9.17, 15) is 4.79 Å². The molecule has 0 aliphatic carbocycles. The molecule has 0 fully saturated rings. The van der Waals surface area contributed by atoms with Crippen LogP contribution in [0.5, 0.6) is 0 Å². The fraction of sp³-hybridized carbons (Fsp3) is 0.176. The Balaban J connectivity index is 1.77. The van der Waals surface area contributed by atoms with Gasteiger partial charge in [-0.3, -0.25) is 9.78 Å². The highest BCUT2D eigenvalue weighted by molar-refractivity contribution is 5.97. The van der Waals surface area contributed by atoms with Crippen LogP contribution >= 0.6 is 0 Å². The lowest BCUT2D eigenvalue weighted by molar-refractivity contribution is 0.0955. The van der Waals surface area contributed by atoms with E-state index in [0.29, 0.717) is 11.3 Å². The number of nitrogens with one attached hydrogen (secondary N) is 1. The predicted molar refractivity (Wildman–Crippen MR) is 89.4 cm³/mol. The number of imidazole rings is 1. The van der Waals surface area contributed by atoms with Crippen LogP contribution in [0, 0.1) is 6.92 Å². The molecule has 0 aliphatic heterocycles. The zero-order chi connectivity index (χ0) is 16.2. The minimum atomic E-state index is -0.275. The predicted octanol–water partition coefficient (Wildman–Crippen LogP) is 2.52. The average molecular weight is 307 g/mol. The van der Waals surface area contributed by atoms with Crippen molar-refractivity contribution >= 4 is 23.2 Å². The van der Waals surface area contributed by atoms with Crippen LogP contribution in [0.1, 0.15) is 28.8 Å². The van der Waals surface area contributed by atoms with Crippen molar-refractivity contribution in [3.05, 3.63) is 59.7 Å². The molecule has 0 unspecified atom stereocenters. The molecule has 116 valence electrons. The molecule has 0 aliphatic rings. The number of amides is 1. The van der Waals surface area contributed by atoms with Crippen LogP contribution in [-0.4, -0.2) is 26.7 Å². The van der Waals surface area contributed by atoms with E-state index in [1.54, 1.807) is 18.3 Å². The molecular formula is C17H17N5O.